The molecule has 0 aliphatic rings. The molecule has 0 atom stereocenters. The van der Waals surface area contributed by atoms with Crippen LogP contribution in [0.1, 0.15) is 0 Å². The number of H-pyrrole nitrogens is 1. The van der Waals surface area contributed by atoms with Gasteiger partial charge in [0.1, 0.15) is 5.56 Å². The van der Waals surface area contributed by atoms with Crippen molar-refractivity contribution in [3.05, 3.63) is 45.8 Å². The zero-order chi connectivity index (χ0) is 8.55. The SMILES string of the molecule is O=c1[nH][c-]cc2cccc(Cl)c12.[K+]. The van der Waals surface area contributed by atoms with E-state index in [1.165, 1.54) is 0 Å². The number of hydrogen-bond acceptors (Lipinski definition) is 1. The molecule has 0 radical (unpaired) electrons. The van der Waals surface area contributed by atoms with E-state index in [1.54, 1.807) is 18.2 Å². The molecule has 0 saturated heterocycles. The number of nitrogens with one attached hydrogen (secondary N) is 1. The molecule has 0 aliphatic carbocycles. The van der Waals surface area contributed by atoms with Gasteiger partial charge in [-0.15, -0.1) is 17.6 Å². The summed E-state index contributed by atoms with van der Waals surface area (Å²) in [6, 6.07) is 7.02. The molecular weight excluding hydrogens is 213 g/mol. The standard InChI is InChI=1S/C9H5ClNO.K/c10-7-3-1-2-6-4-5-11-9(12)8(6)7;/h1-4H,(H,11,12);/q-1;+1. The number of fused-ring (bicyclic) bond motifs is 1. The summed E-state index contributed by atoms with van der Waals surface area (Å²) in [4.78, 5) is 13.7. The molecule has 60 valence electrons. The van der Waals surface area contributed by atoms with Crippen LogP contribution < -0.4 is 56.9 Å². The molecule has 1 heterocycles. The molecule has 0 saturated carbocycles. The van der Waals surface area contributed by atoms with Gasteiger partial charge in [-0.05, 0) is 11.5 Å². The molecule has 1 aromatic carbocycles. The average Bonchev–Trinajstić information content (AvgIpc) is 2.04. The van der Waals surface area contributed by atoms with Crippen LogP contribution in [0.25, 0.3) is 10.8 Å². The van der Waals surface area contributed by atoms with Gasteiger partial charge < -0.3 is 9.78 Å². The van der Waals surface area contributed by atoms with Gasteiger partial charge in [-0.2, -0.15) is 6.07 Å². The van der Waals surface area contributed by atoms with E-state index in [9.17, 15) is 4.79 Å². The topological polar surface area (TPSA) is 32.9 Å². The van der Waals surface area contributed by atoms with Gasteiger partial charge in [0.2, 0.25) is 0 Å². The molecule has 0 fully saturated rings. The summed E-state index contributed by atoms with van der Waals surface area (Å²) in [7, 11) is 0. The fourth-order valence-corrected chi connectivity index (χ4v) is 1.41. The van der Waals surface area contributed by atoms with Crippen LogP contribution in [0, 0.1) is 6.20 Å². The number of hydrogen-bond donors (Lipinski definition) is 1. The molecule has 0 spiro atoms. The number of pyridine rings is 1. The van der Waals surface area contributed by atoms with E-state index >= 15 is 0 Å². The van der Waals surface area contributed by atoms with Crippen LogP contribution >= 0.6 is 11.6 Å². The minimum Gasteiger partial charge on any atom is -0.436 e. The Morgan fingerprint density at radius 1 is 1.38 bits per heavy atom. The average molecular weight is 218 g/mol. The molecule has 2 rings (SSSR count). The number of benzene rings is 1. The van der Waals surface area contributed by atoms with Crippen LogP contribution in [0.15, 0.2) is 29.1 Å². The number of rotatable bonds is 0. The Labute approximate surface area is 123 Å². The first kappa shape index (κ1) is 11.4. The van der Waals surface area contributed by atoms with E-state index in [1.807, 2.05) is 6.07 Å². The zero-order valence-corrected chi connectivity index (χ0v) is 11.0. The monoisotopic (exact) mass is 217 g/mol. The molecule has 1 N–H and O–H groups in total. The van der Waals surface area contributed by atoms with Gasteiger partial charge in [0, 0.05) is 5.02 Å². The van der Waals surface area contributed by atoms with Crippen molar-refractivity contribution in [3.63, 3.8) is 0 Å². The second-order valence-corrected chi connectivity index (χ2v) is 2.85. The smallest absolute Gasteiger partial charge is 0.436 e. The van der Waals surface area contributed by atoms with Gasteiger partial charge >= 0.3 is 51.4 Å². The molecule has 0 amide bonds. The summed E-state index contributed by atoms with van der Waals surface area (Å²) in [5.74, 6) is 0. The van der Waals surface area contributed by atoms with Crippen molar-refractivity contribution in [2.24, 2.45) is 0 Å². The fourth-order valence-electron chi connectivity index (χ4n) is 1.14. The van der Waals surface area contributed by atoms with Crippen LogP contribution in [0.3, 0.4) is 0 Å². The van der Waals surface area contributed by atoms with E-state index in [0.29, 0.717) is 10.4 Å². The van der Waals surface area contributed by atoms with E-state index in [-0.39, 0.29) is 56.9 Å². The maximum atomic E-state index is 11.2. The quantitative estimate of drug-likeness (QED) is 0.445. The Balaban J connectivity index is 0.000000845. The second-order valence-electron chi connectivity index (χ2n) is 2.45. The van der Waals surface area contributed by atoms with Gasteiger partial charge in [0.05, 0.1) is 0 Å². The third-order valence-electron chi connectivity index (χ3n) is 1.69. The molecule has 4 heteroatoms. The van der Waals surface area contributed by atoms with Crippen molar-refractivity contribution in [1.82, 2.24) is 4.98 Å². The van der Waals surface area contributed by atoms with Crippen molar-refractivity contribution in [2.45, 2.75) is 0 Å². The number of aromatic nitrogens is 1. The largest absolute Gasteiger partial charge is 1.00 e. The van der Waals surface area contributed by atoms with Crippen molar-refractivity contribution < 1.29 is 51.4 Å². The molecular formula is C9H5ClKNO. The molecule has 0 unspecified atom stereocenters. The summed E-state index contributed by atoms with van der Waals surface area (Å²) in [6.07, 6.45) is 2.63. The first-order valence-electron chi connectivity index (χ1n) is 3.46. The predicted octanol–water partition coefficient (Wildman–Crippen LogP) is -1.01. The predicted molar refractivity (Wildman–Crippen MR) is 48.4 cm³/mol. The summed E-state index contributed by atoms with van der Waals surface area (Å²) in [5.41, 5.74) is -0.196. The van der Waals surface area contributed by atoms with E-state index < -0.39 is 0 Å². The Hall–Kier alpha value is 0.356. The van der Waals surface area contributed by atoms with Crippen LogP contribution in [0.5, 0.6) is 0 Å². The zero-order valence-electron chi connectivity index (χ0n) is 7.10. The van der Waals surface area contributed by atoms with Crippen molar-refractivity contribution in [2.75, 3.05) is 0 Å². The van der Waals surface area contributed by atoms with E-state index in [0.717, 1.165) is 5.39 Å². The molecule has 13 heavy (non-hydrogen) atoms. The van der Waals surface area contributed by atoms with Gasteiger partial charge in [0.15, 0.2) is 0 Å². The minimum atomic E-state index is -0.196. The summed E-state index contributed by atoms with van der Waals surface area (Å²) in [6.45, 7) is 0. The summed E-state index contributed by atoms with van der Waals surface area (Å²) < 4.78 is 0. The Kier molecular flexibility index (Phi) is 4.16. The molecule has 2 aromatic rings. The summed E-state index contributed by atoms with van der Waals surface area (Å²) >= 11 is 5.83. The van der Waals surface area contributed by atoms with Crippen LogP contribution in [-0.4, -0.2) is 4.98 Å². The van der Waals surface area contributed by atoms with Gasteiger partial charge in [-0.25, -0.2) is 0 Å². The maximum Gasteiger partial charge on any atom is 1.00 e. The van der Waals surface area contributed by atoms with Crippen molar-refractivity contribution in [3.8, 4) is 0 Å². The van der Waals surface area contributed by atoms with E-state index in [2.05, 4.69) is 11.2 Å². The summed E-state index contributed by atoms with van der Waals surface area (Å²) in [5, 5.41) is 1.81. The third kappa shape index (κ3) is 2.23. The molecule has 2 nitrogen and oxygen atoms in total. The molecule has 1 aromatic heterocycles. The van der Waals surface area contributed by atoms with Crippen molar-refractivity contribution >= 4 is 22.4 Å². The van der Waals surface area contributed by atoms with Crippen LogP contribution in [-0.2, 0) is 0 Å². The second kappa shape index (κ2) is 4.73. The minimum absolute atomic E-state index is 0. The van der Waals surface area contributed by atoms with Gasteiger partial charge in [-0.1, -0.05) is 17.7 Å². The number of halogens is 1. The Morgan fingerprint density at radius 3 is 2.85 bits per heavy atom. The van der Waals surface area contributed by atoms with Crippen LogP contribution in [0.2, 0.25) is 5.02 Å². The molecule has 0 bridgehead atoms. The fraction of sp³-hybridized carbons (Fsp3) is 0. The first-order valence-corrected chi connectivity index (χ1v) is 3.84. The van der Waals surface area contributed by atoms with Gasteiger partial charge in [-0.3, -0.25) is 0 Å². The van der Waals surface area contributed by atoms with E-state index in [4.69, 9.17) is 11.6 Å². The Morgan fingerprint density at radius 2 is 2.15 bits per heavy atom. The first-order chi connectivity index (χ1) is 5.79. The maximum absolute atomic E-state index is 11.2. The van der Waals surface area contributed by atoms with Crippen molar-refractivity contribution in [1.29, 1.82) is 0 Å². The van der Waals surface area contributed by atoms with Gasteiger partial charge in [0.25, 0.3) is 0 Å². The molecule has 0 aliphatic heterocycles. The Bertz CT molecular complexity index is 475. The number of aromatic amines is 1. The normalized spacial score (nSPS) is 9.62. The third-order valence-corrected chi connectivity index (χ3v) is 2.00. The van der Waals surface area contributed by atoms with Crippen LogP contribution in [0.4, 0.5) is 0 Å².